The molecule has 0 amide bonds. The zero-order valence-corrected chi connectivity index (χ0v) is 14.8. The van der Waals surface area contributed by atoms with Crippen LogP contribution in [0.25, 0.3) is 0 Å². The number of halogens is 3. The Bertz CT molecular complexity index is 872. The van der Waals surface area contributed by atoms with Crippen molar-refractivity contribution in [2.45, 2.75) is 37.6 Å². The van der Waals surface area contributed by atoms with Gasteiger partial charge in [0.05, 0.1) is 5.75 Å². The number of aromatic nitrogens is 2. The van der Waals surface area contributed by atoms with Crippen LogP contribution in [0, 0.1) is 6.92 Å². The van der Waals surface area contributed by atoms with Crippen LogP contribution in [0.15, 0.2) is 28.7 Å². The molecule has 0 aliphatic carbocycles. The van der Waals surface area contributed by atoms with E-state index in [1.54, 1.807) is 12.1 Å². The Morgan fingerprint density at radius 1 is 1.23 bits per heavy atom. The molecule has 1 aromatic heterocycles. The van der Waals surface area contributed by atoms with Gasteiger partial charge in [-0.15, -0.1) is 10.2 Å². The molecule has 0 atom stereocenters. The number of hydrogen-bond acceptors (Lipinski definition) is 5. The summed E-state index contributed by atoms with van der Waals surface area (Å²) < 4.78 is 68.8. The van der Waals surface area contributed by atoms with Gasteiger partial charge in [-0.25, -0.2) is 12.7 Å². The minimum atomic E-state index is -4.68. The van der Waals surface area contributed by atoms with E-state index in [2.05, 4.69) is 10.2 Å². The lowest BCUT2D eigenvalue weighted by molar-refractivity contribution is -0.157. The molecule has 0 N–H and O–H groups in total. The van der Waals surface area contributed by atoms with Gasteiger partial charge >= 0.3 is 12.1 Å². The first kappa shape index (κ1) is 18.8. The second kappa shape index (κ2) is 6.99. The van der Waals surface area contributed by atoms with Crippen LogP contribution in [-0.4, -0.2) is 36.0 Å². The zero-order chi connectivity index (χ0) is 18.9. The zero-order valence-electron chi connectivity index (χ0n) is 14.0. The van der Waals surface area contributed by atoms with Gasteiger partial charge in [-0.05, 0) is 25.3 Å². The Kier molecular flexibility index (Phi) is 5.07. The van der Waals surface area contributed by atoms with Gasteiger partial charge in [-0.1, -0.05) is 29.8 Å². The fourth-order valence-corrected chi connectivity index (χ4v) is 4.55. The fraction of sp³-hybridized carbons (Fsp3) is 0.500. The highest BCUT2D eigenvalue weighted by Crippen LogP contribution is 2.33. The van der Waals surface area contributed by atoms with Crippen LogP contribution in [0.2, 0.25) is 0 Å². The predicted octanol–water partition coefficient (Wildman–Crippen LogP) is 3.11. The third-order valence-corrected chi connectivity index (χ3v) is 6.16. The fourth-order valence-electron chi connectivity index (χ4n) is 3.00. The first-order valence-electron chi connectivity index (χ1n) is 8.09. The van der Waals surface area contributed by atoms with Gasteiger partial charge in [0.25, 0.3) is 0 Å². The van der Waals surface area contributed by atoms with Crippen molar-refractivity contribution >= 4 is 10.0 Å². The number of benzene rings is 1. The van der Waals surface area contributed by atoms with E-state index in [4.69, 9.17) is 4.42 Å². The Labute approximate surface area is 149 Å². The monoisotopic (exact) mass is 389 g/mol. The number of alkyl halides is 3. The summed E-state index contributed by atoms with van der Waals surface area (Å²) in [5.41, 5.74) is 1.69. The van der Waals surface area contributed by atoms with Crippen LogP contribution in [0.3, 0.4) is 0 Å². The minimum absolute atomic E-state index is 0.0898. The average Bonchev–Trinajstić information content (AvgIpc) is 3.05. The minimum Gasteiger partial charge on any atom is -0.417 e. The van der Waals surface area contributed by atoms with Gasteiger partial charge in [0.2, 0.25) is 15.9 Å². The van der Waals surface area contributed by atoms with Gasteiger partial charge in [-0.2, -0.15) is 13.2 Å². The van der Waals surface area contributed by atoms with Crippen LogP contribution in [0.5, 0.6) is 0 Å². The summed E-state index contributed by atoms with van der Waals surface area (Å²) in [7, 11) is -3.49. The Morgan fingerprint density at radius 2 is 1.92 bits per heavy atom. The summed E-state index contributed by atoms with van der Waals surface area (Å²) in [6.45, 7) is 2.31. The molecule has 10 heteroatoms. The first-order chi connectivity index (χ1) is 12.1. The van der Waals surface area contributed by atoms with Crippen LogP contribution in [0.4, 0.5) is 13.2 Å². The first-order valence-corrected chi connectivity index (χ1v) is 9.70. The van der Waals surface area contributed by atoms with E-state index < -0.39 is 22.1 Å². The van der Waals surface area contributed by atoms with Crippen molar-refractivity contribution in [2.75, 3.05) is 13.1 Å². The molecule has 0 spiro atoms. The molecule has 3 rings (SSSR count). The second-order valence-corrected chi connectivity index (χ2v) is 8.33. The lowest BCUT2D eigenvalue weighted by Crippen LogP contribution is -2.38. The number of rotatable bonds is 4. The summed E-state index contributed by atoms with van der Waals surface area (Å²) in [5.74, 6) is -1.93. The number of hydrogen-bond donors (Lipinski definition) is 0. The second-order valence-electron chi connectivity index (χ2n) is 6.36. The molecule has 0 bridgehead atoms. The lowest BCUT2D eigenvalue weighted by atomic mass is 9.98. The van der Waals surface area contributed by atoms with Crippen molar-refractivity contribution in [3.05, 3.63) is 47.2 Å². The number of sulfonamides is 1. The largest absolute Gasteiger partial charge is 0.470 e. The summed E-state index contributed by atoms with van der Waals surface area (Å²) in [5, 5.41) is 6.49. The topological polar surface area (TPSA) is 76.3 Å². The lowest BCUT2D eigenvalue weighted by Gasteiger charge is -2.29. The molecule has 1 aromatic carbocycles. The number of nitrogens with zero attached hydrogens (tertiary/aromatic N) is 3. The molecule has 142 valence electrons. The molecule has 1 saturated heterocycles. The van der Waals surface area contributed by atoms with E-state index in [-0.39, 0.29) is 30.7 Å². The van der Waals surface area contributed by atoms with Crippen molar-refractivity contribution in [1.82, 2.24) is 14.5 Å². The third kappa shape index (κ3) is 4.24. The molecule has 26 heavy (non-hydrogen) atoms. The molecular formula is C16H18F3N3O3S. The molecule has 6 nitrogen and oxygen atoms in total. The average molecular weight is 389 g/mol. The van der Waals surface area contributed by atoms with E-state index in [0.29, 0.717) is 18.4 Å². The van der Waals surface area contributed by atoms with Crippen molar-refractivity contribution in [1.29, 1.82) is 0 Å². The molecular weight excluding hydrogens is 371 g/mol. The smallest absolute Gasteiger partial charge is 0.417 e. The highest BCUT2D eigenvalue weighted by atomic mass is 32.2. The van der Waals surface area contributed by atoms with Gasteiger partial charge in [-0.3, -0.25) is 0 Å². The van der Waals surface area contributed by atoms with Crippen molar-refractivity contribution in [3.8, 4) is 0 Å². The molecule has 1 aliphatic heterocycles. The molecule has 1 aliphatic rings. The summed E-state index contributed by atoms with van der Waals surface area (Å²) in [6, 6.07) is 7.28. The maximum Gasteiger partial charge on any atom is 0.470 e. The summed E-state index contributed by atoms with van der Waals surface area (Å²) >= 11 is 0. The molecule has 2 aromatic rings. The van der Waals surface area contributed by atoms with Crippen LogP contribution in [-0.2, 0) is 22.0 Å². The predicted molar refractivity (Wildman–Crippen MR) is 86.7 cm³/mol. The van der Waals surface area contributed by atoms with Gasteiger partial charge in [0.1, 0.15) is 0 Å². The normalized spacial score (nSPS) is 17.5. The molecule has 1 fully saturated rings. The van der Waals surface area contributed by atoms with E-state index in [1.807, 2.05) is 19.1 Å². The molecule has 0 radical (unpaired) electrons. The van der Waals surface area contributed by atoms with Crippen molar-refractivity contribution in [3.63, 3.8) is 0 Å². The highest BCUT2D eigenvalue weighted by molar-refractivity contribution is 7.88. The SMILES string of the molecule is Cc1cccc(CS(=O)(=O)N2CCC(c3nnc(C(F)(F)F)o3)CC2)c1. The molecule has 0 unspecified atom stereocenters. The number of piperidine rings is 1. The van der Waals surface area contributed by atoms with E-state index >= 15 is 0 Å². The Morgan fingerprint density at radius 3 is 2.50 bits per heavy atom. The molecule has 2 heterocycles. The summed E-state index contributed by atoms with van der Waals surface area (Å²) in [4.78, 5) is 0. The Balaban J connectivity index is 1.63. The summed E-state index contributed by atoms with van der Waals surface area (Å²) in [6.07, 6.45) is -4.00. The van der Waals surface area contributed by atoms with Gasteiger partial charge < -0.3 is 4.42 Å². The number of aryl methyl sites for hydroxylation is 1. The third-order valence-electron chi connectivity index (χ3n) is 4.31. The van der Waals surface area contributed by atoms with E-state index in [1.165, 1.54) is 4.31 Å². The van der Waals surface area contributed by atoms with Crippen LogP contribution < -0.4 is 0 Å². The van der Waals surface area contributed by atoms with Crippen molar-refractivity contribution in [2.24, 2.45) is 0 Å². The van der Waals surface area contributed by atoms with Crippen LogP contribution >= 0.6 is 0 Å². The maximum atomic E-state index is 12.6. The van der Waals surface area contributed by atoms with Crippen LogP contribution in [0.1, 0.15) is 41.7 Å². The van der Waals surface area contributed by atoms with E-state index in [9.17, 15) is 21.6 Å². The quantitative estimate of drug-likeness (QED) is 0.803. The van der Waals surface area contributed by atoms with Crippen molar-refractivity contribution < 1.29 is 26.0 Å². The maximum absolute atomic E-state index is 12.6. The highest BCUT2D eigenvalue weighted by Gasteiger charge is 2.39. The van der Waals surface area contributed by atoms with Gasteiger partial charge in [0.15, 0.2) is 0 Å². The van der Waals surface area contributed by atoms with E-state index in [0.717, 1.165) is 5.56 Å². The van der Waals surface area contributed by atoms with Gasteiger partial charge in [0, 0.05) is 19.0 Å². The Hall–Kier alpha value is -1.94. The molecule has 0 saturated carbocycles. The standard InChI is InChI=1S/C16H18F3N3O3S/c1-11-3-2-4-12(9-11)10-26(23,24)22-7-5-13(6-8-22)14-20-21-15(25-14)16(17,18)19/h2-4,9,13H,5-8,10H2,1H3.